The van der Waals surface area contributed by atoms with E-state index in [2.05, 4.69) is 14.9 Å². The minimum absolute atomic E-state index is 0.103. The Balaban J connectivity index is 2.09. The van der Waals surface area contributed by atoms with E-state index in [1.807, 2.05) is 0 Å². The molecule has 1 heterocycles. The SMILES string of the molecule is CCOC(=O)c1cn[nH]c1S(=O)(=O)NCC1CCCC1O. The van der Waals surface area contributed by atoms with Crippen LogP contribution >= 0.6 is 0 Å². The Bertz CT molecular complexity index is 598. The molecule has 118 valence electrons. The van der Waals surface area contributed by atoms with Crippen molar-refractivity contribution in [1.82, 2.24) is 14.9 Å². The third-order valence-electron chi connectivity index (χ3n) is 3.52. The quantitative estimate of drug-likeness (QED) is 0.636. The van der Waals surface area contributed by atoms with Crippen LogP contribution in [-0.2, 0) is 14.8 Å². The molecule has 3 N–H and O–H groups in total. The lowest BCUT2D eigenvalue weighted by atomic mass is 10.1. The van der Waals surface area contributed by atoms with Gasteiger partial charge >= 0.3 is 5.97 Å². The second kappa shape index (κ2) is 6.54. The standard InChI is InChI=1S/C12H19N3O5S/c1-2-20-12(17)9-7-13-15-11(9)21(18,19)14-6-8-4-3-5-10(8)16/h7-8,10,14,16H,2-6H2,1H3,(H,13,15). The number of aliphatic hydroxyl groups excluding tert-OH is 1. The highest BCUT2D eigenvalue weighted by molar-refractivity contribution is 7.89. The molecule has 0 radical (unpaired) electrons. The van der Waals surface area contributed by atoms with Crippen molar-refractivity contribution in [3.05, 3.63) is 11.8 Å². The first-order valence-electron chi connectivity index (χ1n) is 6.84. The highest BCUT2D eigenvalue weighted by Crippen LogP contribution is 2.25. The summed E-state index contributed by atoms with van der Waals surface area (Å²) in [5.41, 5.74) is -0.128. The zero-order valence-electron chi connectivity index (χ0n) is 11.7. The number of nitrogens with one attached hydrogen (secondary N) is 2. The molecule has 0 spiro atoms. The molecule has 1 aliphatic carbocycles. The van der Waals surface area contributed by atoms with Crippen LogP contribution in [0.1, 0.15) is 36.5 Å². The number of sulfonamides is 1. The van der Waals surface area contributed by atoms with E-state index in [9.17, 15) is 18.3 Å². The van der Waals surface area contributed by atoms with Crippen LogP contribution in [0.4, 0.5) is 0 Å². The maximum absolute atomic E-state index is 12.2. The van der Waals surface area contributed by atoms with Crippen LogP contribution in [0, 0.1) is 5.92 Å². The van der Waals surface area contributed by atoms with Crippen LogP contribution in [-0.4, -0.2) is 48.9 Å². The Labute approximate surface area is 122 Å². The van der Waals surface area contributed by atoms with Gasteiger partial charge in [-0.25, -0.2) is 17.9 Å². The van der Waals surface area contributed by atoms with Crippen molar-refractivity contribution in [2.24, 2.45) is 5.92 Å². The second-order valence-electron chi connectivity index (χ2n) is 4.94. The van der Waals surface area contributed by atoms with Crippen molar-refractivity contribution in [3.63, 3.8) is 0 Å². The third-order valence-corrected chi connectivity index (χ3v) is 4.92. The molecular formula is C12H19N3O5S. The van der Waals surface area contributed by atoms with Gasteiger partial charge in [0.1, 0.15) is 5.56 Å². The molecule has 0 saturated heterocycles. The van der Waals surface area contributed by atoms with Gasteiger partial charge in [0.05, 0.1) is 18.9 Å². The van der Waals surface area contributed by atoms with Crippen molar-refractivity contribution in [2.75, 3.05) is 13.2 Å². The van der Waals surface area contributed by atoms with Gasteiger partial charge in [0, 0.05) is 6.54 Å². The van der Waals surface area contributed by atoms with Crippen LogP contribution < -0.4 is 4.72 Å². The zero-order chi connectivity index (χ0) is 15.5. The fourth-order valence-corrected chi connectivity index (χ4v) is 3.55. The molecule has 0 aromatic carbocycles. The second-order valence-corrected chi connectivity index (χ2v) is 6.65. The van der Waals surface area contributed by atoms with Gasteiger partial charge in [-0.05, 0) is 25.7 Å². The van der Waals surface area contributed by atoms with Crippen molar-refractivity contribution < 1.29 is 23.1 Å². The number of aromatic amines is 1. The van der Waals surface area contributed by atoms with Gasteiger partial charge in [-0.1, -0.05) is 6.42 Å². The van der Waals surface area contributed by atoms with E-state index >= 15 is 0 Å². The normalized spacial score (nSPS) is 22.4. The molecule has 2 atom stereocenters. The lowest BCUT2D eigenvalue weighted by molar-refractivity contribution is 0.0521. The van der Waals surface area contributed by atoms with Crippen molar-refractivity contribution in [2.45, 2.75) is 37.3 Å². The summed E-state index contributed by atoms with van der Waals surface area (Å²) in [5.74, 6) is -0.846. The Morgan fingerprint density at radius 2 is 2.33 bits per heavy atom. The van der Waals surface area contributed by atoms with Crippen LogP contribution in [0.15, 0.2) is 11.2 Å². The lowest BCUT2D eigenvalue weighted by Gasteiger charge is -2.15. The van der Waals surface area contributed by atoms with Crippen molar-refractivity contribution in [3.8, 4) is 0 Å². The van der Waals surface area contributed by atoms with E-state index < -0.39 is 22.1 Å². The highest BCUT2D eigenvalue weighted by atomic mass is 32.2. The number of H-pyrrole nitrogens is 1. The van der Waals surface area contributed by atoms with Crippen LogP contribution in [0.3, 0.4) is 0 Å². The summed E-state index contributed by atoms with van der Waals surface area (Å²) >= 11 is 0. The summed E-state index contributed by atoms with van der Waals surface area (Å²) in [7, 11) is -3.90. The average molecular weight is 317 g/mol. The van der Waals surface area contributed by atoms with E-state index in [1.165, 1.54) is 0 Å². The molecule has 2 rings (SSSR count). The predicted octanol–water partition coefficient (Wildman–Crippen LogP) is 0.0257. The minimum atomic E-state index is -3.90. The van der Waals surface area contributed by atoms with Gasteiger partial charge < -0.3 is 9.84 Å². The molecule has 0 bridgehead atoms. The van der Waals surface area contributed by atoms with Crippen LogP contribution in [0.2, 0.25) is 0 Å². The molecule has 2 unspecified atom stereocenters. The van der Waals surface area contributed by atoms with E-state index in [0.717, 1.165) is 19.0 Å². The summed E-state index contributed by atoms with van der Waals surface area (Å²) in [6.45, 7) is 1.90. The van der Waals surface area contributed by atoms with Gasteiger partial charge in [-0.15, -0.1) is 0 Å². The molecule has 1 aromatic heterocycles. The third kappa shape index (κ3) is 3.60. The smallest absolute Gasteiger partial charge is 0.342 e. The van der Waals surface area contributed by atoms with E-state index in [4.69, 9.17) is 4.74 Å². The number of nitrogens with zero attached hydrogens (tertiary/aromatic N) is 1. The molecule has 1 aromatic rings. The van der Waals surface area contributed by atoms with Gasteiger partial charge in [-0.3, -0.25) is 5.10 Å². The number of carbonyl (C=O) groups excluding carboxylic acids is 1. The van der Waals surface area contributed by atoms with E-state index in [-0.39, 0.29) is 29.7 Å². The Morgan fingerprint density at radius 1 is 1.57 bits per heavy atom. The maximum atomic E-state index is 12.2. The number of aliphatic hydroxyl groups is 1. The first-order chi connectivity index (χ1) is 9.95. The van der Waals surface area contributed by atoms with Gasteiger partial charge in [-0.2, -0.15) is 5.10 Å². The minimum Gasteiger partial charge on any atom is -0.462 e. The number of esters is 1. The first-order valence-corrected chi connectivity index (χ1v) is 8.32. The molecule has 8 nitrogen and oxygen atoms in total. The van der Waals surface area contributed by atoms with Crippen LogP contribution in [0.5, 0.6) is 0 Å². The first kappa shape index (κ1) is 15.9. The van der Waals surface area contributed by atoms with E-state index in [0.29, 0.717) is 6.42 Å². The maximum Gasteiger partial charge on any atom is 0.342 e. The summed E-state index contributed by atoms with van der Waals surface area (Å²) in [6.07, 6.45) is 2.98. The average Bonchev–Trinajstić information content (AvgIpc) is 3.05. The number of aromatic nitrogens is 2. The largest absolute Gasteiger partial charge is 0.462 e. The number of carbonyl (C=O) groups is 1. The molecule has 9 heteroatoms. The number of hydrogen-bond donors (Lipinski definition) is 3. The molecule has 1 saturated carbocycles. The Hall–Kier alpha value is -1.45. The lowest BCUT2D eigenvalue weighted by Crippen LogP contribution is -2.33. The Morgan fingerprint density at radius 3 is 2.95 bits per heavy atom. The molecule has 1 fully saturated rings. The van der Waals surface area contributed by atoms with Gasteiger partial charge in [0.25, 0.3) is 10.0 Å². The van der Waals surface area contributed by atoms with Crippen molar-refractivity contribution >= 4 is 16.0 Å². The topological polar surface area (TPSA) is 121 Å². The predicted molar refractivity (Wildman–Crippen MR) is 73.1 cm³/mol. The fourth-order valence-electron chi connectivity index (χ4n) is 2.38. The number of rotatable bonds is 6. The molecule has 1 aliphatic rings. The highest BCUT2D eigenvalue weighted by Gasteiger charge is 2.30. The summed E-state index contributed by atoms with van der Waals surface area (Å²) in [5, 5.41) is 15.3. The molecule has 21 heavy (non-hydrogen) atoms. The number of ether oxygens (including phenoxy) is 1. The van der Waals surface area contributed by atoms with Gasteiger partial charge in [0.15, 0.2) is 5.03 Å². The molecule has 0 amide bonds. The number of hydrogen-bond acceptors (Lipinski definition) is 6. The molecule has 0 aliphatic heterocycles. The monoisotopic (exact) mass is 317 g/mol. The summed E-state index contributed by atoms with van der Waals surface area (Å²) in [4.78, 5) is 11.7. The molecular weight excluding hydrogens is 298 g/mol. The zero-order valence-corrected chi connectivity index (χ0v) is 12.5. The fraction of sp³-hybridized carbons (Fsp3) is 0.667. The van der Waals surface area contributed by atoms with Crippen LogP contribution in [0.25, 0.3) is 0 Å². The van der Waals surface area contributed by atoms with E-state index in [1.54, 1.807) is 6.92 Å². The van der Waals surface area contributed by atoms with Gasteiger partial charge in [0.2, 0.25) is 0 Å². The van der Waals surface area contributed by atoms with Crippen molar-refractivity contribution in [1.29, 1.82) is 0 Å². The Kier molecular flexibility index (Phi) is 4.96. The summed E-state index contributed by atoms with van der Waals surface area (Å²) < 4.78 is 31.6. The summed E-state index contributed by atoms with van der Waals surface area (Å²) in [6, 6.07) is 0.